The van der Waals surface area contributed by atoms with E-state index in [1.54, 1.807) is 0 Å². The molecule has 0 aromatic heterocycles. The number of carbonyl (C=O) groups excluding carboxylic acids is 1. The molecule has 7 heteroatoms. The quantitative estimate of drug-likeness (QED) is 0.663. The number of methoxy groups -OCH3 is 1. The second-order valence-electron chi connectivity index (χ2n) is 5.77. The van der Waals surface area contributed by atoms with Crippen LogP contribution in [0.15, 0.2) is 42.5 Å². The fourth-order valence-corrected chi connectivity index (χ4v) is 2.96. The summed E-state index contributed by atoms with van der Waals surface area (Å²) in [6.45, 7) is 0.565. The highest BCUT2D eigenvalue weighted by molar-refractivity contribution is 5.93. The average molecular weight is 342 g/mol. The van der Waals surface area contributed by atoms with Gasteiger partial charge in [0, 0.05) is 18.6 Å². The smallest absolute Gasteiger partial charge is 0.271 e. The second-order valence-corrected chi connectivity index (χ2v) is 5.77. The molecule has 1 atom stereocenters. The number of hydrogen-bond donors (Lipinski definition) is 1. The van der Waals surface area contributed by atoms with Gasteiger partial charge in [0.25, 0.3) is 5.69 Å². The number of nitrogens with zero attached hydrogens (tertiary/aromatic N) is 1. The van der Waals surface area contributed by atoms with Gasteiger partial charge < -0.3 is 14.8 Å². The molecule has 0 saturated carbocycles. The lowest BCUT2D eigenvalue weighted by Gasteiger charge is -2.25. The van der Waals surface area contributed by atoms with Crippen LogP contribution in [0.25, 0.3) is 0 Å². The van der Waals surface area contributed by atoms with Crippen LogP contribution >= 0.6 is 0 Å². The number of amides is 1. The molecule has 0 radical (unpaired) electrons. The molecule has 1 N–H and O–H groups in total. The third kappa shape index (κ3) is 3.71. The van der Waals surface area contributed by atoms with Crippen LogP contribution in [-0.4, -0.2) is 24.5 Å². The standard InChI is InChI=1S/C18H18N2O5/c1-24-17-7-6-13(20(22)23)11-15(17)19-18(21)10-12-8-9-25-16-5-3-2-4-14(12)16/h2-7,11-12H,8-10H2,1H3,(H,19,21)/t12-/m1/s1. The van der Waals surface area contributed by atoms with Crippen LogP contribution in [0, 0.1) is 10.1 Å². The zero-order valence-electron chi connectivity index (χ0n) is 13.7. The van der Waals surface area contributed by atoms with Crippen LogP contribution in [0.2, 0.25) is 0 Å². The number of carbonyl (C=O) groups is 1. The van der Waals surface area contributed by atoms with E-state index in [0.29, 0.717) is 18.0 Å². The van der Waals surface area contributed by atoms with E-state index < -0.39 is 4.92 Å². The molecular weight excluding hydrogens is 324 g/mol. The second kappa shape index (κ2) is 7.21. The summed E-state index contributed by atoms with van der Waals surface area (Å²) in [5.74, 6) is 1.01. The molecule has 2 aromatic carbocycles. The Hall–Kier alpha value is -3.09. The molecule has 7 nitrogen and oxygen atoms in total. The lowest BCUT2D eigenvalue weighted by molar-refractivity contribution is -0.384. The highest BCUT2D eigenvalue weighted by atomic mass is 16.6. The Morgan fingerprint density at radius 2 is 2.16 bits per heavy atom. The molecule has 1 amide bonds. The van der Waals surface area contributed by atoms with Crippen molar-refractivity contribution in [3.63, 3.8) is 0 Å². The lowest BCUT2D eigenvalue weighted by atomic mass is 9.90. The van der Waals surface area contributed by atoms with E-state index in [1.807, 2.05) is 24.3 Å². The summed E-state index contributed by atoms with van der Waals surface area (Å²) in [6, 6.07) is 11.8. The first-order valence-corrected chi connectivity index (χ1v) is 7.92. The van der Waals surface area contributed by atoms with E-state index in [-0.39, 0.29) is 23.9 Å². The van der Waals surface area contributed by atoms with Crippen molar-refractivity contribution in [2.75, 3.05) is 19.0 Å². The number of fused-ring (bicyclic) bond motifs is 1. The SMILES string of the molecule is COc1ccc([N+](=O)[O-])cc1NC(=O)C[C@H]1CCOc2ccccc21. The third-order valence-corrected chi connectivity index (χ3v) is 4.18. The number of nitro groups is 1. The Morgan fingerprint density at radius 1 is 1.36 bits per heavy atom. The molecule has 25 heavy (non-hydrogen) atoms. The summed E-state index contributed by atoms with van der Waals surface area (Å²) in [5, 5.41) is 13.7. The van der Waals surface area contributed by atoms with Crippen molar-refractivity contribution in [2.45, 2.75) is 18.8 Å². The Morgan fingerprint density at radius 3 is 2.92 bits per heavy atom. The normalized spacial score (nSPS) is 15.6. The number of hydrogen-bond acceptors (Lipinski definition) is 5. The number of para-hydroxylation sites is 1. The van der Waals surface area contributed by atoms with E-state index in [1.165, 1.54) is 25.3 Å². The van der Waals surface area contributed by atoms with Crippen molar-refractivity contribution < 1.29 is 19.2 Å². The first kappa shape index (κ1) is 16.8. The molecule has 130 valence electrons. The number of nitro benzene ring substituents is 1. The van der Waals surface area contributed by atoms with Gasteiger partial charge in [-0.1, -0.05) is 18.2 Å². The topological polar surface area (TPSA) is 90.7 Å². The Kier molecular flexibility index (Phi) is 4.83. The minimum absolute atomic E-state index is 0.0506. The van der Waals surface area contributed by atoms with Gasteiger partial charge in [-0.05, 0) is 30.0 Å². The molecule has 3 rings (SSSR count). The van der Waals surface area contributed by atoms with Crippen molar-refractivity contribution in [1.29, 1.82) is 0 Å². The Labute approximate surface area is 144 Å². The van der Waals surface area contributed by atoms with Gasteiger partial charge in [0.1, 0.15) is 11.5 Å². The Balaban J connectivity index is 1.75. The van der Waals surface area contributed by atoms with Gasteiger partial charge >= 0.3 is 0 Å². The van der Waals surface area contributed by atoms with E-state index in [9.17, 15) is 14.9 Å². The summed E-state index contributed by atoms with van der Waals surface area (Å²) in [7, 11) is 1.45. The fraction of sp³-hybridized carbons (Fsp3) is 0.278. The van der Waals surface area contributed by atoms with Crippen molar-refractivity contribution in [1.82, 2.24) is 0 Å². The van der Waals surface area contributed by atoms with Crippen LogP contribution in [0.4, 0.5) is 11.4 Å². The van der Waals surface area contributed by atoms with E-state index >= 15 is 0 Å². The van der Waals surface area contributed by atoms with Crippen LogP contribution in [0.1, 0.15) is 24.3 Å². The van der Waals surface area contributed by atoms with E-state index in [2.05, 4.69) is 5.32 Å². The van der Waals surface area contributed by atoms with Gasteiger partial charge in [-0.25, -0.2) is 0 Å². The van der Waals surface area contributed by atoms with Crippen molar-refractivity contribution >= 4 is 17.3 Å². The minimum Gasteiger partial charge on any atom is -0.495 e. The predicted molar refractivity (Wildman–Crippen MR) is 92.2 cm³/mol. The molecule has 0 saturated heterocycles. The summed E-state index contributed by atoms with van der Waals surface area (Å²) in [6.07, 6.45) is 1.02. The van der Waals surface area contributed by atoms with Crippen LogP contribution in [0.3, 0.4) is 0 Å². The van der Waals surface area contributed by atoms with E-state index in [0.717, 1.165) is 17.7 Å². The van der Waals surface area contributed by atoms with Crippen molar-refractivity contribution in [2.24, 2.45) is 0 Å². The van der Waals surface area contributed by atoms with Crippen molar-refractivity contribution in [3.05, 3.63) is 58.1 Å². The molecule has 1 aliphatic rings. The first-order chi connectivity index (χ1) is 12.1. The number of rotatable bonds is 5. The summed E-state index contributed by atoms with van der Waals surface area (Å²) in [4.78, 5) is 22.9. The molecular formula is C18H18N2O5. The Bertz CT molecular complexity index is 806. The average Bonchev–Trinajstić information content (AvgIpc) is 2.62. The molecule has 1 aliphatic heterocycles. The maximum atomic E-state index is 12.5. The van der Waals surface area contributed by atoms with Gasteiger partial charge in [-0.15, -0.1) is 0 Å². The van der Waals surface area contributed by atoms with Gasteiger partial charge in [0.15, 0.2) is 0 Å². The van der Waals surface area contributed by atoms with Gasteiger partial charge in [-0.2, -0.15) is 0 Å². The highest BCUT2D eigenvalue weighted by Gasteiger charge is 2.24. The monoisotopic (exact) mass is 342 g/mol. The number of non-ortho nitro benzene ring substituents is 1. The number of ether oxygens (including phenoxy) is 2. The molecule has 2 aromatic rings. The third-order valence-electron chi connectivity index (χ3n) is 4.18. The summed E-state index contributed by atoms with van der Waals surface area (Å²) >= 11 is 0. The van der Waals surface area contributed by atoms with Gasteiger partial charge in [0.05, 0.1) is 24.3 Å². The van der Waals surface area contributed by atoms with Gasteiger partial charge in [-0.3, -0.25) is 14.9 Å². The summed E-state index contributed by atoms with van der Waals surface area (Å²) in [5.41, 5.74) is 1.20. The zero-order valence-corrected chi connectivity index (χ0v) is 13.7. The zero-order chi connectivity index (χ0) is 17.8. The molecule has 0 unspecified atom stereocenters. The maximum Gasteiger partial charge on any atom is 0.271 e. The number of anilines is 1. The van der Waals surface area contributed by atoms with Crippen LogP contribution in [-0.2, 0) is 4.79 Å². The van der Waals surface area contributed by atoms with E-state index in [4.69, 9.17) is 9.47 Å². The first-order valence-electron chi connectivity index (χ1n) is 7.92. The minimum atomic E-state index is -0.510. The largest absolute Gasteiger partial charge is 0.495 e. The number of benzene rings is 2. The van der Waals surface area contributed by atoms with Crippen molar-refractivity contribution in [3.8, 4) is 11.5 Å². The fourth-order valence-electron chi connectivity index (χ4n) is 2.96. The predicted octanol–water partition coefficient (Wildman–Crippen LogP) is 3.50. The molecule has 0 aliphatic carbocycles. The molecule has 0 bridgehead atoms. The lowest BCUT2D eigenvalue weighted by Crippen LogP contribution is -2.21. The maximum absolute atomic E-state index is 12.5. The summed E-state index contributed by atoms with van der Waals surface area (Å²) < 4.78 is 10.8. The molecule has 1 heterocycles. The van der Waals surface area contributed by atoms with Crippen LogP contribution < -0.4 is 14.8 Å². The highest BCUT2D eigenvalue weighted by Crippen LogP contribution is 2.36. The van der Waals surface area contributed by atoms with Crippen LogP contribution in [0.5, 0.6) is 11.5 Å². The number of nitrogens with one attached hydrogen (secondary N) is 1. The van der Waals surface area contributed by atoms with Gasteiger partial charge in [0.2, 0.25) is 5.91 Å². The molecule has 0 spiro atoms. The molecule has 0 fully saturated rings.